The largest absolute Gasteiger partial charge is 0.444 e. The number of alkyl halides is 3. The number of aromatic nitrogens is 2. The molecule has 1 aromatic rings. The van der Waals surface area contributed by atoms with Crippen molar-refractivity contribution in [1.82, 2.24) is 14.9 Å². The fourth-order valence-electron chi connectivity index (χ4n) is 3.16. The molecule has 0 aliphatic carbocycles. The Morgan fingerprint density at radius 2 is 2.00 bits per heavy atom. The van der Waals surface area contributed by atoms with Crippen LogP contribution in [0.4, 0.5) is 23.9 Å². The fraction of sp³-hybridized carbons (Fsp3) is 0.688. The third-order valence-electron chi connectivity index (χ3n) is 4.39. The van der Waals surface area contributed by atoms with Crippen LogP contribution in [0.1, 0.15) is 32.9 Å². The van der Waals surface area contributed by atoms with Gasteiger partial charge in [-0.3, -0.25) is 0 Å². The predicted octanol–water partition coefficient (Wildman–Crippen LogP) is 2.94. The second-order valence-corrected chi connectivity index (χ2v) is 7.43. The summed E-state index contributed by atoms with van der Waals surface area (Å²) in [5.41, 5.74) is -1.54. The molecular formula is C16H21F3N4O2. The van der Waals surface area contributed by atoms with Crippen LogP contribution >= 0.6 is 0 Å². The average molecular weight is 358 g/mol. The van der Waals surface area contributed by atoms with E-state index in [4.69, 9.17) is 4.74 Å². The third-order valence-corrected chi connectivity index (χ3v) is 4.39. The highest BCUT2D eigenvalue weighted by Gasteiger charge is 2.46. The first-order valence-electron chi connectivity index (χ1n) is 8.19. The molecule has 0 radical (unpaired) electrons. The number of amides is 1. The Morgan fingerprint density at radius 3 is 2.64 bits per heavy atom. The Balaban J connectivity index is 1.70. The van der Waals surface area contributed by atoms with Crippen molar-refractivity contribution in [3.05, 3.63) is 18.0 Å². The number of likely N-dealkylation sites (tertiary alicyclic amines) is 1. The number of rotatable bonds is 1. The van der Waals surface area contributed by atoms with E-state index in [1.54, 1.807) is 30.6 Å². The molecule has 0 bridgehead atoms. The van der Waals surface area contributed by atoms with Crippen LogP contribution in [0.15, 0.2) is 12.3 Å². The van der Waals surface area contributed by atoms with Gasteiger partial charge in [-0.15, -0.1) is 0 Å². The molecule has 0 N–H and O–H groups in total. The molecule has 2 aliphatic rings. The van der Waals surface area contributed by atoms with E-state index in [0.29, 0.717) is 25.6 Å². The maximum atomic E-state index is 12.8. The normalized spacial score (nSPS) is 23.8. The summed E-state index contributed by atoms with van der Waals surface area (Å²) in [5, 5.41) is 0. The van der Waals surface area contributed by atoms with Crippen LogP contribution in [0.2, 0.25) is 0 Å². The smallest absolute Gasteiger partial charge is 0.433 e. The average Bonchev–Trinajstić information content (AvgIpc) is 2.46. The number of ether oxygens (including phenoxy) is 1. The van der Waals surface area contributed by atoms with Crippen LogP contribution in [-0.2, 0) is 10.9 Å². The van der Waals surface area contributed by atoms with Gasteiger partial charge in [-0.2, -0.15) is 13.2 Å². The highest BCUT2D eigenvalue weighted by atomic mass is 19.4. The first-order valence-corrected chi connectivity index (χ1v) is 8.19. The number of hydrogen-bond acceptors (Lipinski definition) is 5. The number of carbonyl (C=O) groups is 1. The van der Waals surface area contributed by atoms with Gasteiger partial charge in [-0.1, -0.05) is 0 Å². The zero-order valence-corrected chi connectivity index (χ0v) is 14.4. The Labute approximate surface area is 144 Å². The van der Waals surface area contributed by atoms with Gasteiger partial charge in [0.05, 0.1) is 6.04 Å². The first kappa shape index (κ1) is 17.8. The number of anilines is 1. The molecule has 3 rings (SSSR count). The minimum atomic E-state index is -4.50. The Bertz CT molecular complexity index is 660. The van der Waals surface area contributed by atoms with Gasteiger partial charge in [0.15, 0.2) is 0 Å². The van der Waals surface area contributed by atoms with E-state index in [2.05, 4.69) is 9.97 Å². The van der Waals surface area contributed by atoms with Crippen LogP contribution < -0.4 is 4.90 Å². The highest BCUT2D eigenvalue weighted by molar-refractivity contribution is 5.68. The number of piperidine rings is 1. The van der Waals surface area contributed by atoms with Crippen LogP contribution in [0.3, 0.4) is 0 Å². The van der Waals surface area contributed by atoms with Crippen molar-refractivity contribution in [1.29, 1.82) is 0 Å². The fourth-order valence-corrected chi connectivity index (χ4v) is 3.16. The lowest BCUT2D eigenvalue weighted by molar-refractivity contribution is -0.141. The van der Waals surface area contributed by atoms with Gasteiger partial charge in [0.25, 0.3) is 0 Å². The van der Waals surface area contributed by atoms with Crippen LogP contribution in [0.25, 0.3) is 0 Å². The van der Waals surface area contributed by atoms with E-state index in [1.165, 1.54) is 0 Å². The van der Waals surface area contributed by atoms with Crippen molar-refractivity contribution in [2.75, 3.05) is 24.5 Å². The number of nitrogens with zero attached hydrogens (tertiary/aromatic N) is 4. The molecule has 0 spiro atoms. The predicted molar refractivity (Wildman–Crippen MR) is 84.1 cm³/mol. The summed E-state index contributed by atoms with van der Waals surface area (Å²) in [4.78, 5) is 23.2. The molecule has 3 heterocycles. The summed E-state index contributed by atoms with van der Waals surface area (Å²) >= 11 is 0. The lowest BCUT2D eigenvalue weighted by atomic mass is 9.82. The van der Waals surface area contributed by atoms with Crippen LogP contribution in [0.5, 0.6) is 0 Å². The zero-order valence-electron chi connectivity index (χ0n) is 14.4. The standard InChI is InChI=1S/C16H21F3N4O2/c1-15(2,3)25-14(24)22-7-5-10-8-23(11(10)9-22)13-20-6-4-12(21-13)16(17,18)19/h4,6,10-11H,5,7-9H2,1-3H3. The van der Waals surface area contributed by atoms with Crippen LogP contribution in [0, 0.1) is 5.92 Å². The SMILES string of the molecule is CC(C)(C)OC(=O)N1CCC2CN(c3nccc(C(F)(F)F)n3)C2C1. The maximum absolute atomic E-state index is 12.8. The number of hydrogen-bond donors (Lipinski definition) is 0. The van der Waals surface area contributed by atoms with E-state index in [1.807, 2.05) is 0 Å². The van der Waals surface area contributed by atoms with Crippen molar-refractivity contribution in [2.24, 2.45) is 5.92 Å². The summed E-state index contributed by atoms with van der Waals surface area (Å²) in [6, 6.07) is 0.777. The molecule has 6 nitrogen and oxygen atoms in total. The lowest BCUT2D eigenvalue weighted by Gasteiger charge is -2.53. The summed E-state index contributed by atoms with van der Waals surface area (Å²) in [5.74, 6) is 0.388. The van der Waals surface area contributed by atoms with E-state index < -0.39 is 23.6 Å². The molecule has 0 aromatic carbocycles. The van der Waals surface area contributed by atoms with E-state index in [-0.39, 0.29) is 12.0 Å². The molecule has 1 aromatic heterocycles. The monoisotopic (exact) mass is 358 g/mol. The van der Waals surface area contributed by atoms with E-state index in [0.717, 1.165) is 18.7 Å². The second-order valence-electron chi connectivity index (χ2n) is 7.43. The number of fused-ring (bicyclic) bond motifs is 1. The molecule has 9 heteroatoms. The summed E-state index contributed by atoms with van der Waals surface area (Å²) in [6.07, 6.45) is -2.99. The molecule has 25 heavy (non-hydrogen) atoms. The van der Waals surface area contributed by atoms with E-state index in [9.17, 15) is 18.0 Å². The minimum absolute atomic E-state index is 0.0575. The molecular weight excluding hydrogens is 337 g/mol. The Kier molecular flexibility index (Phi) is 4.28. The second kappa shape index (κ2) is 6.03. The van der Waals surface area contributed by atoms with Crippen LogP contribution in [-0.4, -0.2) is 52.2 Å². The minimum Gasteiger partial charge on any atom is -0.444 e. The van der Waals surface area contributed by atoms with Gasteiger partial charge in [0.1, 0.15) is 11.3 Å². The lowest BCUT2D eigenvalue weighted by Crippen LogP contribution is -2.65. The molecule has 2 atom stereocenters. The van der Waals surface area contributed by atoms with Crippen molar-refractivity contribution in [3.8, 4) is 0 Å². The topological polar surface area (TPSA) is 58.6 Å². The molecule has 138 valence electrons. The van der Waals surface area contributed by atoms with Gasteiger partial charge >= 0.3 is 12.3 Å². The maximum Gasteiger partial charge on any atom is 0.433 e. The highest BCUT2D eigenvalue weighted by Crippen LogP contribution is 2.36. The van der Waals surface area contributed by atoms with Gasteiger partial charge < -0.3 is 14.5 Å². The zero-order chi connectivity index (χ0) is 18.4. The van der Waals surface area contributed by atoms with Crippen molar-refractivity contribution in [3.63, 3.8) is 0 Å². The summed E-state index contributed by atoms with van der Waals surface area (Å²) < 4.78 is 43.9. The summed E-state index contributed by atoms with van der Waals surface area (Å²) in [7, 11) is 0. The van der Waals surface area contributed by atoms with Gasteiger partial charge in [-0.25, -0.2) is 14.8 Å². The van der Waals surface area contributed by atoms with Gasteiger partial charge in [0.2, 0.25) is 5.95 Å². The molecule has 2 saturated heterocycles. The molecule has 2 fully saturated rings. The Hall–Kier alpha value is -2.06. The molecule has 2 unspecified atom stereocenters. The number of carbonyl (C=O) groups excluding carboxylic acids is 1. The van der Waals surface area contributed by atoms with Crippen molar-refractivity contribution in [2.45, 2.75) is 45.0 Å². The number of halogens is 3. The quantitative estimate of drug-likeness (QED) is 0.773. The van der Waals surface area contributed by atoms with Gasteiger partial charge in [0, 0.05) is 31.7 Å². The molecule has 1 amide bonds. The van der Waals surface area contributed by atoms with E-state index >= 15 is 0 Å². The Morgan fingerprint density at radius 1 is 1.28 bits per heavy atom. The van der Waals surface area contributed by atoms with Crippen molar-refractivity contribution < 1.29 is 22.7 Å². The van der Waals surface area contributed by atoms with Gasteiger partial charge in [-0.05, 0) is 33.3 Å². The molecule has 0 saturated carbocycles. The van der Waals surface area contributed by atoms with Crippen molar-refractivity contribution >= 4 is 12.0 Å². The first-order chi connectivity index (χ1) is 11.5. The summed E-state index contributed by atoms with van der Waals surface area (Å²) in [6.45, 7) is 6.98. The molecule has 2 aliphatic heterocycles. The third kappa shape index (κ3) is 3.80.